The van der Waals surface area contributed by atoms with Gasteiger partial charge in [-0.25, -0.2) is 4.39 Å². The number of aromatic amines is 1. The van der Waals surface area contributed by atoms with Crippen molar-refractivity contribution in [1.82, 2.24) is 15.2 Å². The fraction of sp³-hybridized carbons (Fsp3) is 0.143. The van der Waals surface area contributed by atoms with Gasteiger partial charge in [0.2, 0.25) is 0 Å². The van der Waals surface area contributed by atoms with Gasteiger partial charge in [0.1, 0.15) is 5.82 Å². The summed E-state index contributed by atoms with van der Waals surface area (Å²) >= 11 is 0. The number of nitrogens with zero attached hydrogens (tertiary/aromatic N) is 2. The van der Waals surface area contributed by atoms with Gasteiger partial charge in [-0.3, -0.25) is 10.1 Å². The second kappa shape index (κ2) is 4.68. The molecule has 0 aliphatic heterocycles. The van der Waals surface area contributed by atoms with Crippen LogP contribution in [0, 0.1) is 5.82 Å². The van der Waals surface area contributed by atoms with E-state index in [9.17, 15) is 4.39 Å². The summed E-state index contributed by atoms with van der Waals surface area (Å²) in [6, 6.07) is 9.06. The maximum absolute atomic E-state index is 12.8. The maximum Gasteiger partial charge on any atom is 0.141 e. The molecule has 0 radical (unpaired) electrons. The summed E-state index contributed by atoms with van der Waals surface area (Å²) in [5.74, 6) is -0.323. The van der Waals surface area contributed by atoms with Gasteiger partial charge in [0, 0.05) is 11.1 Å². The lowest BCUT2D eigenvalue weighted by Crippen LogP contribution is -2.08. The summed E-state index contributed by atoms with van der Waals surface area (Å²) in [6.45, 7) is 1.99. The Hall–Kier alpha value is -2.43. The van der Waals surface area contributed by atoms with Gasteiger partial charge in [0.25, 0.3) is 0 Å². The summed E-state index contributed by atoms with van der Waals surface area (Å²) < 4.78 is 12.8. The van der Waals surface area contributed by atoms with Crippen LogP contribution in [0.5, 0.6) is 0 Å². The Bertz CT molecular complexity index is 690. The van der Waals surface area contributed by atoms with Crippen molar-refractivity contribution in [1.29, 1.82) is 0 Å². The molecule has 2 N–H and O–H groups in total. The predicted octanol–water partition coefficient (Wildman–Crippen LogP) is 3.27. The number of nitrogens with one attached hydrogen (secondary N) is 2. The number of fused-ring (bicyclic) bond motifs is 1. The zero-order valence-electron chi connectivity index (χ0n) is 10.4. The highest BCUT2D eigenvalue weighted by atomic mass is 19.1. The molecule has 5 heteroatoms. The van der Waals surface area contributed by atoms with Gasteiger partial charge >= 0.3 is 0 Å². The molecule has 0 amide bonds. The first kappa shape index (κ1) is 11.6. The number of hydrogen-bond acceptors (Lipinski definition) is 3. The fourth-order valence-corrected chi connectivity index (χ4v) is 2.00. The van der Waals surface area contributed by atoms with Crippen LogP contribution >= 0.6 is 0 Å². The molecule has 4 nitrogen and oxygen atoms in total. The number of rotatable bonds is 3. The SMILES string of the molecule is CC(Nc1ccc2[nH]ncc2c1)c1ccc(F)cn1. The van der Waals surface area contributed by atoms with Gasteiger partial charge in [0.15, 0.2) is 0 Å². The Morgan fingerprint density at radius 2 is 2.11 bits per heavy atom. The largest absolute Gasteiger partial charge is 0.377 e. The van der Waals surface area contributed by atoms with Gasteiger partial charge in [-0.05, 0) is 37.3 Å². The molecule has 0 aliphatic carbocycles. The van der Waals surface area contributed by atoms with E-state index >= 15 is 0 Å². The van der Waals surface area contributed by atoms with Crippen LogP contribution in [0.1, 0.15) is 18.7 Å². The number of aromatic nitrogens is 3. The summed E-state index contributed by atoms with van der Waals surface area (Å²) in [4.78, 5) is 4.07. The third-order valence-electron chi connectivity index (χ3n) is 3.02. The van der Waals surface area contributed by atoms with Gasteiger partial charge in [-0.1, -0.05) is 0 Å². The van der Waals surface area contributed by atoms with E-state index in [0.717, 1.165) is 22.3 Å². The second-order valence-electron chi connectivity index (χ2n) is 4.44. The lowest BCUT2D eigenvalue weighted by atomic mass is 10.2. The van der Waals surface area contributed by atoms with Crippen LogP contribution in [0.4, 0.5) is 10.1 Å². The third-order valence-corrected chi connectivity index (χ3v) is 3.02. The van der Waals surface area contributed by atoms with Crippen molar-refractivity contribution < 1.29 is 4.39 Å². The van der Waals surface area contributed by atoms with Crippen LogP contribution < -0.4 is 5.32 Å². The Morgan fingerprint density at radius 1 is 1.21 bits per heavy atom. The topological polar surface area (TPSA) is 53.6 Å². The molecule has 96 valence electrons. The minimum atomic E-state index is -0.323. The molecular formula is C14H13FN4. The smallest absolute Gasteiger partial charge is 0.141 e. The van der Waals surface area contributed by atoms with Crippen LogP contribution in [0.2, 0.25) is 0 Å². The van der Waals surface area contributed by atoms with E-state index in [1.807, 2.05) is 25.1 Å². The minimum absolute atomic E-state index is 0.00458. The molecule has 0 aliphatic rings. The van der Waals surface area contributed by atoms with E-state index < -0.39 is 0 Å². The Balaban J connectivity index is 1.81. The van der Waals surface area contributed by atoms with E-state index in [2.05, 4.69) is 20.5 Å². The number of H-pyrrole nitrogens is 1. The zero-order chi connectivity index (χ0) is 13.2. The van der Waals surface area contributed by atoms with Crippen molar-refractivity contribution in [3.63, 3.8) is 0 Å². The molecular weight excluding hydrogens is 243 g/mol. The van der Waals surface area contributed by atoms with Crippen molar-refractivity contribution in [3.8, 4) is 0 Å². The minimum Gasteiger partial charge on any atom is -0.377 e. The lowest BCUT2D eigenvalue weighted by Gasteiger charge is -2.14. The van der Waals surface area contributed by atoms with Crippen LogP contribution in [0.25, 0.3) is 10.9 Å². The van der Waals surface area contributed by atoms with Gasteiger partial charge in [-0.2, -0.15) is 5.10 Å². The number of anilines is 1. The van der Waals surface area contributed by atoms with Crippen LogP contribution in [-0.4, -0.2) is 15.2 Å². The van der Waals surface area contributed by atoms with Crippen LogP contribution in [-0.2, 0) is 0 Å². The average Bonchev–Trinajstić information content (AvgIpc) is 2.87. The number of pyridine rings is 1. The molecule has 19 heavy (non-hydrogen) atoms. The lowest BCUT2D eigenvalue weighted by molar-refractivity contribution is 0.617. The van der Waals surface area contributed by atoms with Crippen molar-refractivity contribution in [3.05, 3.63) is 54.2 Å². The highest BCUT2D eigenvalue weighted by molar-refractivity contribution is 5.81. The average molecular weight is 256 g/mol. The van der Waals surface area contributed by atoms with E-state index in [0.29, 0.717) is 0 Å². The normalized spacial score (nSPS) is 12.5. The highest BCUT2D eigenvalue weighted by Gasteiger charge is 2.07. The molecule has 0 saturated carbocycles. The first-order chi connectivity index (χ1) is 9.22. The second-order valence-corrected chi connectivity index (χ2v) is 4.44. The molecule has 0 spiro atoms. The zero-order valence-corrected chi connectivity index (χ0v) is 10.4. The summed E-state index contributed by atoms with van der Waals surface area (Å²) in [5.41, 5.74) is 2.78. The molecule has 0 fully saturated rings. The van der Waals surface area contributed by atoms with E-state index in [-0.39, 0.29) is 11.9 Å². The monoisotopic (exact) mass is 256 g/mol. The first-order valence-electron chi connectivity index (χ1n) is 6.03. The molecule has 3 aromatic rings. The quantitative estimate of drug-likeness (QED) is 0.756. The van der Waals surface area contributed by atoms with Gasteiger partial charge in [-0.15, -0.1) is 0 Å². The van der Waals surface area contributed by atoms with E-state index in [4.69, 9.17) is 0 Å². The van der Waals surface area contributed by atoms with Crippen molar-refractivity contribution in [2.45, 2.75) is 13.0 Å². The molecule has 2 aromatic heterocycles. The fourth-order valence-electron chi connectivity index (χ4n) is 2.00. The molecule has 1 atom stereocenters. The standard InChI is InChI=1S/C14H13FN4/c1-9(13-4-2-11(15)8-16-13)18-12-3-5-14-10(6-12)7-17-19-14/h2-9,18H,1H3,(H,17,19). The van der Waals surface area contributed by atoms with Gasteiger partial charge in [0.05, 0.1) is 29.6 Å². The predicted molar refractivity (Wildman–Crippen MR) is 72.3 cm³/mol. The number of halogens is 1. The number of benzene rings is 1. The molecule has 0 bridgehead atoms. The van der Waals surface area contributed by atoms with Crippen molar-refractivity contribution in [2.75, 3.05) is 5.32 Å². The Labute approximate surface area is 109 Å². The Kier molecular flexibility index (Phi) is 2.87. The van der Waals surface area contributed by atoms with Gasteiger partial charge < -0.3 is 5.32 Å². The molecule has 3 rings (SSSR count). The Morgan fingerprint density at radius 3 is 2.89 bits per heavy atom. The third kappa shape index (κ3) is 2.40. The maximum atomic E-state index is 12.8. The van der Waals surface area contributed by atoms with Crippen LogP contribution in [0.3, 0.4) is 0 Å². The molecule has 2 heterocycles. The first-order valence-corrected chi connectivity index (χ1v) is 6.03. The van der Waals surface area contributed by atoms with Crippen LogP contribution in [0.15, 0.2) is 42.7 Å². The molecule has 1 aromatic carbocycles. The molecule has 1 unspecified atom stereocenters. The van der Waals surface area contributed by atoms with E-state index in [1.165, 1.54) is 12.3 Å². The summed E-state index contributed by atoms with van der Waals surface area (Å²) in [5, 5.41) is 11.3. The van der Waals surface area contributed by atoms with Crippen molar-refractivity contribution in [2.24, 2.45) is 0 Å². The van der Waals surface area contributed by atoms with Crippen molar-refractivity contribution >= 4 is 16.6 Å². The highest BCUT2D eigenvalue weighted by Crippen LogP contribution is 2.21. The molecule has 0 saturated heterocycles. The summed E-state index contributed by atoms with van der Waals surface area (Å²) in [6.07, 6.45) is 3.01. The summed E-state index contributed by atoms with van der Waals surface area (Å²) in [7, 11) is 0. The van der Waals surface area contributed by atoms with E-state index in [1.54, 1.807) is 12.3 Å². The number of hydrogen-bond donors (Lipinski definition) is 2.